The van der Waals surface area contributed by atoms with Crippen LogP contribution in [0.15, 0.2) is 47.6 Å². The van der Waals surface area contributed by atoms with Gasteiger partial charge in [0.2, 0.25) is 0 Å². The van der Waals surface area contributed by atoms with Gasteiger partial charge in [-0.25, -0.2) is 0 Å². The number of ether oxygens (including phenoxy) is 3. The summed E-state index contributed by atoms with van der Waals surface area (Å²) >= 11 is 0. The number of benzene rings is 2. The van der Waals surface area contributed by atoms with Crippen LogP contribution in [0.2, 0.25) is 0 Å². The molecule has 0 aromatic heterocycles. The average molecular weight is 342 g/mol. The summed E-state index contributed by atoms with van der Waals surface area (Å²) in [5, 5.41) is 4.28. The predicted molar refractivity (Wildman–Crippen MR) is 101 cm³/mol. The van der Waals surface area contributed by atoms with Crippen molar-refractivity contribution < 1.29 is 14.2 Å². The number of nitrogens with one attached hydrogen (secondary N) is 1. The Labute approximate surface area is 149 Å². The van der Waals surface area contributed by atoms with E-state index in [0.29, 0.717) is 13.2 Å². The highest BCUT2D eigenvalue weighted by atomic mass is 16.5. The molecule has 5 heteroatoms. The third-order valence-corrected chi connectivity index (χ3v) is 3.40. The predicted octanol–water partition coefficient (Wildman–Crippen LogP) is 4.00. The normalized spacial score (nSPS) is 10.9. The van der Waals surface area contributed by atoms with E-state index in [-0.39, 0.29) is 6.10 Å². The highest BCUT2D eigenvalue weighted by Crippen LogP contribution is 2.29. The van der Waals surface area contributed by atoms with Gasteiger partial charge in [0, 0.05) is 5.56 Å². The molecule has 25 heavy (non-hydrogen) atoms. The zero-order valence-corrected chi connectivity index (χ0v) is 15.3. The third kappa shape index (κ3) is 5.71. The third-order valence-electron chi connectivity index (χ3n) is 3.40. The lowest BCUT2D eigenvalue weighted by Crippen LogP contribution is -2.08. The largest absolute Gasteiger partial charge is 0.496 e. The Morgan fingerprint density at radius 1 is 1.08 bits per heavy atom. The summed E-state index contributed by atoms with van der Waals surface area (Å²) in [7, 11) is 1.66. The van der Waals surface area contributed by atoms with Gasteiger partial charge in [-0.15, -0.1) is 0 Å². The standard InChI is InChI=1S/C20H26N2O3/c1-5-24-20-12-16(10-11-19(20)25-15(2)3)13-21-22-14-17-8-6-7-9-18(17)23-4/h6-13,15,22H,5,14H2,1-4H3/b21-13-. The van der Waals surface area contributed by atoms with E-state index < -0.39 is 0 Å². The van der Waals surface area contributed by atoms with Crippen LogP contribution in [0.1, 0.15) is 31.9 Å². The van der Waals surface area contributed by atoms with Crippen molar-refractivity contribution in [3.05, 3.63) is 53.6 Å². The highest BCUT2D eigenvalue weighted by molar-refractivity contribution is 5.80. The van der Waals surface area contributed by atoms with Gasteiger partial charge in [0.1, 0.15) is 5.75 Å². The molecule has 0 amide bonds. The van der Waals surface area contributed by atoms with Crippen LogP contribution in [0.25, 0.3) is 0 Å². The Bertz CT molecular complexity index is 699. The lowest BCUT2D eigenvalue weighted by Gasteiger charge is -2.14. The smallest absolute Gasteiger partial charge is 0.161 e. The van der Waals surface area contributed by atoms with Crippen molar-refractivity contribution in [1.29, 1.82) is 0 Å². The molecule has 0 saturated heterocycles. The molecule has 0 aliphatic rings. The number of hydrogen-bond acceptors (Lipinski definition) is 5. The lowest BCUT2D eigenvalue weighted by molar-refractivity contribution is 0.224. The van der Waals surface area contributed by atoms with Gasteiger partial charge in [0.05, 0.1) is 32.6 Å². The van der Waals surface area contributed by atoms with Gasteiger partial charge < -0.3 is 19.6 Å². The number of hydrogen-bond donors (Lipinski definition) is 1. The summed E-state index contributed by atoms with van der Waals surface area (Å²) < 4.78 is 16.7. The van der Waals surface area contributed by atoms with E-state index in [1.165, 1.54) is 0 Å². The second-order valence-corrected chi connectivity index (χ2v) is 5.71. The number of methoxy groups -OCH3 is 1. The van der Waals surface area contributed by atoms with Gasteiger partial charge in [-0.2, -0.15) is 5.10 Å². The fourth-order valence-electron chi connectivity index (χ4n) is 2.32. The van der Waals surface area contributed by atoms with E-state index in [4.69, 9.17) is 14.2 Å². The average Bonchev–Trinajstić information content (AvgIpc) is 2.61. The van der Waals surface area contributed by atoms with Crippen molar-refractivity contribution in [2.24, 2.45) is 5.10 Å². The van der Waals surface area contributed by atoms with Crippen molar-refractivity contribution in [2.75, 3.05) is 13.7 Å². The van der Waals surface area contributed by atoms with E-state index in [0.717, 1.165) is 28.4 Å². The summed E-state index contributed by atoms with van der Waals surface area (Å²) in [6, 6.07) is 13.7. The first-order valence-corrected chi connectivity index (χ1v) is 8.45. The molecule has 5 nitrogen and oxygen atoms in total. The molecule has 0 unspecified atom stereocenters. The minimum Gasteiger partial charge on any atom is -0.496 e. The Morgan fingerprint density at radius 2 is 1.88 bits per heavy atom. The molecule has 0 aliphatic carbocycles. The molecule has 0 aliphatic heterocycles. The molecule has 2 rings (SSSR count). The number of rotatable bonds is 9. The van der Waals surface area contributed by atoms with E-state index in [9.17, 15) is 0 Å². The fraction of sp³-hybridized carbons (Fsp3) is 0.350. The van der Waals surface area contributed by atoms with Crippen LogP contribution in [0.3, 0.4) is 0 Å². The van der Waals surface area contributed by atoms with Crippen LogP contribution in [0, 0.1) is 0 Å². The number of nitrogens with zero attached hydrogens (tertiary/aromatic N) is 1. The first-order valence-electron chi connectivity index (χ1n) is 8.45. The number of hydrazone groups is 1. The van der Waals surface area contributed by atoms with Gasteiger partial charge in [-0.3, -0.25) is 0 Å². The summed E-state index contributed by atoms with van der Waals surface area (Å²) in [6.07, 6.45) is 1.86. The molecular weight excluding hydrogens is 316 g/mol. The summed E-state index contributed by atoms with van der Waals surface area (Å²) in [6.45, 7) is 7.11. The second-order valence-electron chi connectivity index (χ2n) is 5.71. The molecule has 134 valence electrons. The van der Waals surface area contributed by atoms with E-state index in [1.807, 2.05) is 63.2 Å². The van der Waals surface area contributed by atoms with Crippen LogP contribution in [-0.4, -0.2) is 26.0 Å². The van der Waals surface area contributed by atoms with Crippen molar-refractivity contribution in [1.82, 2.24) is 5.43 Å². The molecule has 2 aromatic carbocycles. The molecule has 1 N–H and O–H groups in total. The van der Waals surface area contributed by atoms with Gasteiger partial charge in [-0.05, 0) is 50.6 Å². The Kier molecular flexibility index (Phi) is 7.14. The topological polar surface area (TPSA) is 52.1 Å². The van der Waals surface area contributed by atoms with Crippen LogP contribution >= 0.6 is 0 Å². The molecule has 0 radical (unpaired) electrons. The van der Waals surface area contributed by atoms with Crippen molar-refractivity contribution >= 4 is 6.21 Å². The summed E-state index contributed by atoms with van der Waals surface area (Å²) in [5.41, 5.74) is 5.03. The van der Waals surface area contributed by atoms with E-state index >= 15 is 0 Å². The quantitative estimate of drug-likeness (QED) is 0.553. The van der Waals surface area contributed by atoms with Gasteiger partial charge in [0.25, 0.3) is 0 Å². The zero-order valence-electron chi connectivity index (χ0n) is 15.3. The summed E-state index contributed by atoms with van der Waals surface area (Å²) in [5.74, 6) is 2.32. The molecule has 0 saturated carbocycles. The van der Waals surface area contributed by atoms with Crippen LogP contribution < -0.4 is 19.6 Å². The maximum absolute atomic E-state index is 5.76. The summed E-state index contributed by atoms with van der Waals surface area (Å²) in [4.78, 5) is 0. The lowest BCUT2D eigenvalue weighted by atomic mass is 10.2. The number of para-hydroxylation sites is 1. The molecule has 0 bridgehead atoms. The van der Waals surface area contributed by atoms with E-state index in [1.54, 1.807) is 13.3 Å². The Balaban J connectivity index is 2.01. The highest BCUT2D eigenvalue weighted by Gasteiger charge is 2.07. The minimum absolute atomic E-state index is 0.0984. The zero-order chi connectivity index (χ0) is 18.1. The fourth-order valence-corrected chi connectivity index (χ4v) is 2.32. The molecule has 0 fully saturated rings. The van der Waals surface area contributed by atoms with E-state index in [2.05, 4.69) is 10.5 Å². The Morgan fingerprint density at radius 3 is 2.60 bits per heavy atom. The second kappa shape index (κ2) is 9.57. The Hall–Kier alpha value is -2.69. The minimum atomic E-state index is 0.0984. The first kappa shape index (κ1) is 18.6. The monoisotopic (exact) mass is 342 g/mol. The van der Waals surface area contributed by atoms with Crippen molar-refractivity contribution in [3.8, 4) is 17.2 Å². The molecule has 0 spiro atoms. The van der Waals surface area contributed by atoms with Gasteiger partial charge in [0.15, 0.2) is 11.5 Å². The first-order chi connectivity index (χ1) is 12.1. The maximum Gasteiger partial charge on any atom is 0.161 e. The van der Waals surface area contributed by atoms with Crippen LogP contribution in [0.5, 0.6) is 17.2 Å². The van der Waals surface area contributed by atoms with Gasteiger partial charge >= 0.3 is 0 Å². The SMILES string of the molecule is CCOc1cc(/C=N\NCc2ccccc2OC)ccc1OC(C)C. The van der Waals surface area contributed by atoms with Crippen molar-refractivity contribution in [2.45, 2.75) is 33.4 Å². The van der Waals surface area contributed by atoms with Crippen molar-refractivity contribution in [3.63, 3.8) is 0 Å². The molecule has 0 heterocycles. The van der Waals surface area contributed by atoms with Crippen LogP contribution in [-0.2, 0) is 6.54 Å². The van der Waals surface area contributed by atoms with Crippen LogP contribution in [0.4, 0.5) is 0 Å². The molecule has 0 atom stereocenters. The van der Waals surface area contributed by atoms with Gasteiger partial charge in [-0.1, -0.05) is 18.2 Å². The molecule has 2 aromatic rings. The maximum atomic E-state index is 5.76. The molecular formula is C20H26N2O3.